The third kappa shape index (κ3) is 3.29. The zero-order chi connectivity index (χ0) is 18.8. The maximum absolute atomic E-state index is 12.7. The number of carbonyl (C=O) groups excluding carboxylic acids is 3. The molecule has 3 rings (SSSR count). The third-order valence-corrected chi connectivity index (χ3v) is 4.27. The van der Waals surface area contributed by atoms with E-state index in [1.807, 2.05) is 0 Å². The van der Waals surface area contributed by atoms with Crippen molar-refractivity contribution < 1.29 is 19.1 Å². The summed E-state index contributed by atoms with van der Waals surface area (Å²) in [4.78, 5) is 37.6. The normalized spacial score (nSPS) is 14.0. The topological polar surface area (TPSA) is 75.7 Å². The maximum atomic E-state index is 12.7. The van der Waals surface area contributed by atoms with E-state index in [9.17, 15) is 14.4 Å². The van der Waals surface area contributed by atoms with Gasteiger partial charge in [0, 0.05) is 10.7 Å². The average molecular weight is 391 g/mol. The fourth-order valence-electron chi connectivity index (χ4n) is 2.42. The lowest BCUT2D eigenvalue weighted by Gasteiger charge is -2.15. The van der Waals surface area contributed by atoms with Crippen molar-refractivity contribution in [3.63, 3.8) is 0 Å². The van der Waals surface area contributed by atoms with Crippen molar-refractivity contribution in [3.8, 4) is 0 Å². The summed E-state index contributed by atoms with van der Waals surface area (Å²) in [6.07, 6.45) is 0. The van der Waals surface area contributed by atoms with Gasteiger partial charge in [0.2, 0.25) is 0 Å². The van der Waals surface area contributed by atoms with Gasteiger partial charge in [-0.05, 0) is 42.5 Å². The van der Waals surface area contributed by atoms with Crippen LogP contribution in [0.5, 0.6) is 0 Å². The number of nitrogens with zero attached hydrogens (tertiary/aromatic N) is 1. The molecule has 8 heteroatoms. The molecule has 0 saturated carbocycles. The van der Waals surface area contributed by atoms with E-state index in [0.717, 1.165) is 4.90 Å². The quantitative estimate of drug-likeness (QED) is 0.637. The van der Waals surface area contributed by atoms with E-state index in [2.05, 4.69) is 10.1 Å². The standard InChI is InChI=1S/C18H12Cl2N2O4/c1-26-18(25)10-3-2-4-12(9-10)21-15-14(20)16(23)22(17(15)24)13-7-5-11(19)6-8-13/h2-9,21H,1H3. The summed E-state index contributed by atoms with van der Waals surface area (Å²) in [5.74, 6) is -1.78. The summed E-state index contributed by atoms with van der Waals surface area (Å²) >= 11 is 11.9. The number of amides is 2. The Kier molecular flexibility index (Phi) is 4.97. The number of hydrogen-bond acceptors (Lipinski definition) is 5. The molecule has 0 unspecified atom stereocenters. The van der Waals surface area contributed by atoms with Crippen molar-refractivity contribution in [1.82, 2.24) is 0 Å². The molecule has 2 amide bonds. The van der Waals surface area contributed by atoms with Crippen LogP contribution in [-0.4, -0.2) is 24.9 Å². The van der Waals surface area contributed by atoms with Crippen LogP contribution < -0.4 is 10.2 Å². The zero-order valence-electron chi connectivity index (χ0n) is 13.5. The lowest BCUT2D eigenvalue weighted by Crippen LogP contribution is -2.32. The molecule has 2 aromatic rings. The predicted octanol–water partition coefficient (Wildman–Crippen LogP) is 3.56. The Hall–Kier alpha value is -2.83. The van der Waals surface area contributed by atoms with Gasteiger partial charge in [-0.2, -0.15) is 0 Å². The molecule has 6 nitrogen and oxygen atoms in total. The maximum Gasteiger partial charge on any atom is 0.337 e. The van der Waals surface area contributed by atoms with Crippen LogP contribution in [-0.2, 0) is 14.3 Å². The van der Waals surface area contributed by atoms with Crippen LogP contribution in [0.2, 0.25) is 5.02 Å². The number of rotatable bonds is 4. The summed E-state index contributed by atoms with van der Waals surface area (Å²) in [6, 6.07) is 12.5. The van der Waals surface area contributed by atoms with E-state index in [-0.39, 0.29) is 10.7 Å². The predicted molar refractivity (Wildman–Crippen MR) is 98.2 cm³/mol. The highest BCUT2D eigenvalue weighted by Crippen LogP contribution is 2.30. The van der Waals surface area contributed by atoms with E-state index >= 15 is 0 Å². The number of carbonyl (C=O) groups is 3. The van der Waals surface area contributed by atoms with E-state index in [0.29, 0.717) is 22.0 Å². The van der Waals surface area contributed by atoms with Crippen molar-refractivity contribution in [3.05, 3.63) is 69.8 Å². The second-order valence-corrected chi connectivity index (χ2v) is 6.12. The number of benzene rings is 2. The third-order valence-electron chi connectivity index (χ3n) is 3.67. The highest BCUT2D eigenvalue weighted by molar-refractivity contribution is 6.53. The Labute approximate surface area is 158 Å². The van der Waals surface area contributed by atoms with Gasteiger partial charge in [0.15, 0.2) is 0 Å². The molecular weight excluding hydrogens is 379 g/mol. The minimum Gasteiger partial charge on any atom is -0.465 e. The molecule has 1 aliphatic heterocycles. The molecule has 0 saturated heterocycles. The van der Waals surface area contributed by atoms with Crippen molar-refractivity contribution in [2.45, 2.75) is 0 Å². The fraction of sp³-hybridized carbons (Fsp3) is 0.0556. The molecule has 2 aromatic carbocycles. The van der Waals surface area contributed by atoms with Gasteiger partial charge in [0.25, 0.3) is 11.8 Å². The van der Waals surface area contributed by atoms with E-state index in [4.69, 9.17) is 23.2 Å². The first kappa shape index (κ1) is 18.0. The summed E-state index contributed by atoms with van der Waals surface area (Å²) < 4.78 is 4.66. The summed E-state index contributed by atoms with van der Waals surface area (Å²) in [5.41, 5.74) is 0.983. The first-order valence-electron chi connectivity index (χ1n) is 7.42. The number of anilines is 2. The van der Waals surface area contributed by atoms with Crippen LogP contribution in [0, 0.1) is 0 Å². The molecule has 0 radical (unpaired) electrons. The van der Waals surface area contributed by atoms with E-state index < -0.39 is 17.8 Å². The molecule has 1 heterocycles. The molecule has 1 aliphatic rings. The van der Waals surface area contributed by atoms with Crippen LogP contribution in [0.3, 0.4) is 0 Å². The molecule has 0 aromatic heterocycles. The number of halogens is 2. The van der Waals surface area contributed by atoms with Gasteiger partial charge in [0.1, 0.15) is 10.7 Å². The molecule has 132 valence electrons. The van der Waals surface area contributed by atoms with Gasteiger partial charge in [-0.15, -0.1) is 0 Å². The number of esters is 1. The smallest absolute Gasteiger partial charge is 0.337 e. The number of ether oxygens (including phenoxy) is 1. The fourth-order valence-corrected chi connectivity index (χ4v) is 2.76. The zero-order valence-corrected chi connectivity index (χ0v) is 15.0. The van der Waals surface area contributed by atoms with Crippen molar-refractivity contribution in [2.75, 3.05) is 17.3 Å². The summed E-state index contributed by atoms with van der Waals surface area (Å²) in [5, 5.41) is 3.04. The Balaban J connectivity index is 1.89. The van der Waals surface area contributed by atoms with Crippen LogP contribution in [0.25, 0.3) is 0 Å². The molecule has 0 bridgehead atoms. The van der Waals surface area contributed by atoms with E-state index in [1.165, 1.54) is 13.2 Å². The Morgan fingerprint density at radius 2 is 1.73 bits per heavy atom. The largest absolute Gasteiger partial charge is 0.465 e. The van der Waals surface area contributed by atoms with Gasteiger partial charge >= 0.3 is 5.97 Å². The van der Waals surface area contributed by atoms with Gasteiger partial charge in [0.05, 0.1) is 18.4 Å². The second-order valence-electron chi connectivity index (χ2n) is 5.31. The molecule has 1 N–H and O–H groups in total. The average Bonchev–Trinajstić information content (AvgIpc) is 2.86. The lowest BCUT2D eigenvalue weighted by atomic mass is 10.2. The Morgan fingerprint density at radius 1 is 1.04 bits per heavy atom. The highest BCUT2D eigenvalue weighted by Gasteiger charge is 2.38. The second kappa shape index (κ2) is 7.19. The van der Waals surface area contributed by atoms with Crippen LogP contribution in [0.15, 0.2) is 59.3 Å². The molecule has 0 atom stereocenters. The van der Waals surface area contributed by atoms with E-state index in [1.54, 1.807) is 42.5 Å². The number of imide groups is 1. The van der Waals surface area contributed by atoms with Crippen LogP contribution >= 0.6 is 23.2 Å². The number of hydrogen-bond donors (Lipinski definition) is 1. The molecule has 0 aliphatic carbocycles. The van der Waals surface area contributed by atoms with Gasteiger partial charge in [-0.3, -0.25) is 9.59 Å². The minimum absolute atomic E-state index is 0.0753. The van der Waals surface area contributed by atoms with Crippen molar-refractivity contribution >= 4 is 52.4 Å². The molecule has 26 heavy (non-hydrogen) atoms. The Morgan fingerprint density at radius 3 is 2.38 bits per heavy atom. The van der Waals surface area contributed by atoms with Crippen molar-refractivity contribution in [2.24, 2.45) is 0 Å². The molecule has 0 fully saturated rings. The number of nitrogens with one attached hydrogen (secondary N) is 1. The SMILES string of the molecule is COC(=O)c1cccc(NC2=C(Cl)C(=O)N(c3ccc(Cl)cc3)C2=O)c1. The van der Waals surface area contributed by atoms with Gasteiger partial charge < -0.3 is 10.1 Å². The minimum atomic E-state index is -0.648. The monoisotopic (exact) mass is 390 g/mol. The Bertz CT molecular complexity index is 938. The molecule has 0 spiro atoms. The van der Waals surface area contributed by atoms with Gasteiger partial charge in [-0.25, -0.2) is 9.69 Å². The highest BCUT2D eigenvalue weighted by atomic mass is 35.5. The van der Waals surface area contributed by atoms with Gasteiger partial charge in [-0.1, -0.05) is 29.3 Å². The molecular formula is C18H12Cl2N2O4. The summed E-state index contributed by atoms with van der Waals surface area (Å²) in [6.45, 7) is 0. The first-order valence-corrected chi connectivity index (χ1v) is 8.17. The van der Waals surface area contributed by atoms with Crippen molar-refractivity contribution in [1.29, 1.82) is 0 Å². The lowest BCUT2D eigenvalue weighted by molar-refractivity contribution is -0.120. The van der Waals surface area contributed by atoms with Crippen LogP contribution in [0.4, 0.5) is 11.4 Å². The first-order chi connectivity index (χ1) is 12.4. The van der Waals surface area contributed by atoms with Crippen LogP contribution in [0.1, 0.15) is 10.4 Å². The number of methoxy groups -OCH3 is 1. The summed E-state index contributed by atoms with van der Waals surface area (Å²) in [7, 11) is 1.27.